The molecule has 2 atom stereocenters. The molecule has 1 aromatic rings. The van der Waals surface area contributed by atoms with Gasteiger partial charge in [-0.1, -0.05) is 13.8 Å². The van der Waals surface area contributed by atoms with Crippen LogP contribution in [0.25, 0.3) is 0 Å². The standard InChI is InChI=1S/C10H16N4O2/c1-4-7-9(14(15)16)10(13(3)12-7)11-8-5-6(8)2/h6,8,11H,4-5H2,1-3H3. The lowest BCUT2D eigenvalue weighted by molar-refractivity contribution is -0.384. The molecule has 1 fully saturated rings. The highest BCUT2D eigenvalue weighted by Crippen LogP contribution is 2.36. The van der Waals surface area contributed by atoms with Crippen molar-refractivity contribution in [2.24, 2.45) is 13.0 Å². The summed E-state index contributed by atoms with van der Waals surface area (Å²) in [6.07, 6.45) is 1.65. The summed E-state index contributed by atoms with van der Waals surface area (Å²) >= 11 is 0. The van der Waals surface area contributed by atoms with E-state index in [1.165, 1.54) is 0 Å². The first-order valence-electron chi connectivity index (χ1n) is 5.51. The molecule has 0 amide bonds. The molecule has 1 aliphatic rings. The van der Waals surface area contributed by atoms with E-state index < -0.39 is 0 Å². The number of hydrogen-bond acceptors (Lipinski definition) is 4. The first-order valence-corrected chi connectivity index (χ1v) is 5.51. The topological polar surface area (TPSA) is 73.0 Å². The van der Waals surface area contributed by atoms with E-state index in [4.69, 9.17) is 0 Å². The van der Waals surface area contributed by atoms with Crippen LogP contribution < -0.4 is 5.32 Å². The Kier molecular flexibility index (Phi) is 2.57. The van der Waals surface area contributed by atoms with E-state index in [1.807, 2.05) is 6.92 Å². The van der Waals surface area contributed by atoms with Gasteiger partial charge < -0.3 is 5.32 Å². The molecule has 2 unspecified atom stereocenters. The summed E-state index contributed by atoms with van der Waals surface area (Å²) in [5.41, 5.74) is 0.674. The lowest BCUT2D eigenvalue weighted by Crippen LogP contribution is -2.09. The van der Waals surface area contributed by atoms with E-state index in [0.29, 0.717) is 29.9 Å². The second kappa shape index (κ2) is 3.77. The van der Waals surface area contributed by atoms with Gasteiger partial charge in [-0.3, -0.25) is 10.1 Å². The summed E-state index contributed by atoms with van der Waals surface area (Å²) in [5, 5.41) is 18.4. The number of nitrogens with zero attached hydrogens (tertiary/aromatic N) is 3. The van der Waals surface area contributed by atoms with Gasteiger partial charge in [-0.15, -0.1) is 0 Å². The fraction of sp³-hybridized carbons (Fsp3) is 0.700. The first kappa shape index (κ1) is 10.9. The maximum atomic E-state index is 11.0. The molecule has 6 nitrogen and oxygen atoms in total. The molecule has 6 heteroatoms. The number of hydrogen-bond donors (Lipinski definition) is 1. The second-order valence-electron chi connectivity index (χ2n) is 4.34. The highest BCUT2D eigenvalue weighted by Gasteiger charge is 2.36. The van der Waals surface area contributed by atoms with E-state index in [0.717, 1.165) is 6.42 Å². The maximum absolute atomic E-state index is 11.0. The van der Waals surface area contributed by atoms with Gasteiger partial charge in [-0.05, 0) is 18.8 Å². The van der Waals surface area contributed by atoms with Crippen molar-refractivity contribution in [3.05, 3.63) is 15.8 Å². The van der Waals surface area contributed by atoms with E-state index >= 15 is 0 Å². The Morgan fingerprint density at radius 1 is 1.69 bits per heavy atom. The number of aryl methyl sites for hydroxylation is 2. The third-order valence-corrected chi connectivity index (χ3v) is 3.04. The van der Waals surface area contributed by atoms with Crippen LogP contribution in [-0.2, 0) is 13.5 Å². The van der Waals surface area contributed by atoms with Crippen molar-refractivity contribution >= 4 is 11.5 Å². The molecule has 0 aliphatic heterocycles. The predicted octanol–water partition coefficient (Wildman–Crippen LogP) is 1.71. The Morgan fingerprint density at radius 3 is 2.75 bits per heavy atom. The third kappa shape index (κ3) is 1.75. The predicted molar refractivity (Wildman–Crippen MR) is 60.4 cm³/mol. The summed E-state index contributed by atoms with van der Waals surface area (Å²) in [6.45, 7) is 4.00. The molecule has 0 spiro atoms. The zero-order valence-corrected chi connectivity index (χ0v) is 9.73. The molecule has 1 aromatic heterocycles. The molecular weight excluding hydrogens is 208 g/mol. The number of nitrogens with one attached hydrogen (secondary N) is 1. The molecular formula is C10H16N4O2. The van der Waals surface area contributed by atoms with E-state index in [2.05, 4.69) is 17.3 Å². The van der Waals surface area contributed by atoms with Crippen LogP contribution in [0.4, 0.5) is 11.5 Å². The minimum atomic E-state index is -0.346. The van der Waals surface area contributed by atoms with Crippen molar-refractivity contribution in [1.82, 2.24) is 9.78 Å². The summed E-state index contributed by atoms with van der Waals surface area (Å²) in [5.74, 6) is 1.13. The van der Waals surface area contributed by atoms with Crippen LogP contribution in [-0.4, -0.2) is 20.7 Å². The highest BCUT2D eigenvalue weighted by atomic mass is 16.6. The van der Waals surface area contributed by atoms with E-state index in [-0.39, 0.29) is 10.6 Å². The van der Waals surface area contributed by atoms with Gasteiger partial charge in [0, 0.05) is 13.1 Å². The Labute approximate surface area is 93.8 Å². The molecule has 0 aromatic carbocycles. The zero-order valence-electron chi connectivity index (χ0n) is 9.73. The smallest absolute Gasteiger partial charge is 0.333 e. The molecule has 0 radical (unpaired) electrons. The lowest BCUT2D eigenvalue weighted by Gasteiger charge is -2.03. The Morgan fingerprint density at radius 2 is 2.31 bits per heavy atom. The molecule has 1 aliphatic carbocycles. The molecule has 1 saturated carbocycles. The lowest BCUT2D eigenvalue weighted by atomic mass is 10.3. The van der Waals surface area contributed by atoms with Crippen LogP contribution in [0.1, 0.15) is 26.0 Å². The van der Waals surface area contributed by atoms with Crippen LogP contribution >= 0.6 is 0 Å². The Balaban J connectivity index is 2.33. The molecule has 88 valence electrons. The number of anilines is 1. The summed E-state index contributed by atoms with van der Waals surface area (Å²) in [6, 6.07) is 0.360. The molecule has 2 rings (SSSR count). The largest absolute Gasteiger partial charge is 0.362 e. The molecule has 1 heterocycles. The van der Waals surface area contributed by atoms with Crippen LogP contribution in [0.3, 0.4) is 0 Å². The molecule has 0 bridgehead atoms. The SMILES string of the molecule is CCc1nn(C)c(NC2CC2C)c1[N+](=O)[O-]. The van der Waals surface area contributed by atoms with Crippen molar-refractivity contribution < 1.29 is 4.92 Å². The minimum absolute atomic E-state index is 0.129. The summed E-state index contributed by atoms with van der Waals surface area (Å²) in [7, 11) is 1.74. The summed E-state index contributed by atoms with van der Waals surface area (Å²) < 4.78 is 1.57. The average molecular weight is 224 g/mol. The third-order valence-electron chi connectivity index (χ3n) is 3.04. The van der Waals surface area contributed by atoms with Gasteiger partial charge in [0.25, 0.3) is 0 Å². The highest BCUT2D eigenvalue weighted by molar-refractivity contribution is 5.60. The van der Waals surface area contributed by atoms with Gasteiger partial charge in [-0.25, -0.2) is 4.68 Å². The van der Waals surface area contributed by atoms with Crippen LogP contribution in [0.15, 0.2) is 0 Å². The molecule has 0 saturated heterocycles. The van der Waals surface area contributed by atoms with Gasteiger partial charge in [0.15, 0.2) is 0 Å². The van der Waals surface area contributed by atoms with Crippen LogP contribution in [0.2, 0.25) is 0 Å². The van der Waals surface area contributed by atoms with Crippen molar-refractivity contribution in [2.75, 3.05) is 5.32 Å². The van der Waals surface area contributed by atoms with Gasteiger partial charge in [-0.2, -0.15) is 5.10 Å². The minimum Gasteiger partial charge on any atom is -0.362 e. The van der Waals surface area contributed by atoms with Crippen molar-refractivity contribution in [3.8, 4) is 0 Å². The normalized spacial score (nSPS) is 23.2. The van der Waals surface area contributed by atoms with E-state index in [1.54, 1.807) is 11.7 Å². The Bertz CT molecular complexity index is 427. The van der Waals surface area contributed by atoms with Gasteiger partial charge in [0.05, 0.1) is 4.92 Å². The monoisotopic (exact) mass is 224 g/mol. The maximum Gasteiger partial charge on any atom is 0.333 e. The number of rotatable bonds is 4. The fourth-order valence-electron chi connectivity index (χ4n) is 1.86. The average Bonchev–Trinajstić information content (AvgIpc) is 2.79. The summed E-state index contributed by atoms with van der Waals surface area (Å²) in [4.78, 5) is 10.7. The number of aromatic nitrogens is 2. The first-order chi connectivity index (χ1) is 7.54. The zero-order chi connectivity index (χ0) is 11.9. The quantitative estimate of drug-likeness (QED) is 0.624. The Hall–Kier alpha value is -1.59. The van der Waals surface area contributed by atoms with Gasteiger partial charge in [0.1, 0.15) is 5.69 Å². The van der Waals surface area contributed by atoms with Crippen LogP contribution in [0.5, 0.6) is 0 Å². The fourth-order valence-corrected chi connectivity index (χ4v) is 1.86. The second-order valence-corrected chi connectivity index (χ2v) is 4.34. The molecule has 1 N–H and O–H groups in total. The molecule has 16 heavy (non-hydrogen) atoms. The van der Waals surface area contributed by atoms with Gasteiger partial charge >= 0.3 is 5.69 Å². The van der Waals surface area contributed by atoms with Crippen LogP contribution in [0, 0.1) is 16.0 Å². The van der Waals surface area contributed by atoms with Crippen molar-refractivity contribution in [3.63, 3.8) is 0 Å². The number of nitro groups is 1. The van der Waals surface area contributed by atoms with E-state index in [9.17, 15) is 10.1 Å². The van der Waals surface area contributed by atoms with Gasteiger partial charge in [0.2, 0.25) is 5.82 Å². The van der Waals surface area contributed by atoms with Crippen molar-refractivity contribution in [2.45, 2.75) is 32.7 Å². The van der Waals surface area contributed by atoms with Crippen molar-refractivity contribution in [1.29, 1.82) is 0 Å².